The number of sulfonamides is 1. The minimum absolute atomic E-state index is 0.0768. The molecule has 23 heavy (non-hydrogen) atoms. The fraction of sp³-hybridized carbons (Fsp3) is 0.250. The van der Waals surface area contributed by atoms with E-state index in [1.165, 1.54) is 18.2 Å². The molecule has 1 unspecified atom stereocenters. The van der Waals surface area contributed by atoms with Gasteiger partial charge in [0.05, 0.1) is 0 Å². The van der Waals surface area contributed by atoms with E-state index in [4.69, 9.17) is 11.6 Å². The van der Waals surface area contributed by atoms with Gasteiger partial charge in [-0.25, -0.2) is 17.5 Å². The lowest BCUT2D eigenvalue weighted by Gasteiger charge is -2.26. The van der Waals surface area contributed by atoms with Crippen LogP contribution in [0.4, 0.5) is 4.39 Å². The third-order valence-electron chi connectivity index (χ3n) is 3.48. The summed E-state index contributed by atoms with van der Waals surface area (Å²) in [7, 11) is -0.286. The van der Waals surface area contributed by atoms with E-state index >= 15 is 0 Å². The monoisotopic (exact) mass is 356 g/mol. The van der Waals surface area contributed by atoms with Crippen LogP contribution >= 0.6 is 11.6 Å². The Balaban J connectivity index is 2.23. The van der Waals surface area contributed by atoms with E-state index < -0.39 is 15.8 Å². The van der Waals surface area contributed by atoms with Crippen LogP contribution in [-0.4, -0.2) is 34.0 Å². The van der Waals surface area contributed by atoms with Crippen LogP contribution in [0.25, 0.3) is 0 Å². The van der Waals surface area contributed by atoms with Crippen LogP contribution in [0, 0.1) is 5.82 Å². The molecule has 0 fully saturated rings. The molecule has 0 spiro atoms. The fourth-order valence-corrected chi connectivity index (χ4v) is 3.62. The number of likely N-dealkylation sites (N-methyl/N-ethyl adjacent to an activating group) is 1. The second-order valence-corrected chi connectivity index (χ2v) is 7.43. The standard InChI is InChI=1S/C16H18ClFN2O2S/c1-20(2)15(12-7-3-4-8-13(12)17)11-19-23(21,22)16-10-6-5-9-14(16)18/h3-10,15,19H,11H2,1-2H3. The van der Waals surface area contributed by atoms with E-state index in [9.17, 15) is 12.8 Å². The third kappa shape index (κ3) is 4.29. The van der Waals surface area contributed by atoms with Gasteiger partial charge in [-0.05, 0) is 37.9 Å². The number of rotatable bonds is 6. The van der Waals surface area contributed by atoms with Crippen LogP contribution in [0.5, 0.6) is 0 Å². The van der Waals surface area contributed by atoms with E-state index in [0.29, 0.717) is 5.02 Å². The summed E-state index contributed by atoms with van der Waals surface area (Å²) in [6.45, 7) is 0.0768. The van der Waals surface area contributed by atoms with Gasteiger partial charge in [0.1, 0.15) is 10.7 Å². The lowest BCUT2D eigenvalue weighted by molar-refractivity contribution is 0.299. The van der Waals surface area contributed by atoms with Crippen molar-refractivity contribution in [3.05, 3.63) is 64.9 Å². The maximum absolute atomic E-state index is 13.7. The normalized spacial score (nSPS) is 13.3. The summed E-state index contributed by atoms with van der Waals surface area (Å²) in [5, 5.41) is 0.552. The molecule has 1 atom stereocenters. The van der Waals surface area contributed by atoms with Crippen molar-refractivity contribution in [1.29, 1.82) is 0 Å². The van der Waals surface area contributed by atoms with Gasteiger partial charge in [0.25, 0.3) is 0 Å². The first-order valence-electron chi connectivity index (χ1n) is 6.98. The summed E-state index contributed by atoms with van der Waals surface area (Å²) >= 11 is 6.19. The van der Waals surface area contributed by atoms with Crippen molar-refractivity contribution in [1.82, 2.24) is 9.62 Å². The lowest BCUT2D eigenvalue weighted by Crippen LogP contribution is -2.35. The third-order valence-corrected chi connectivity index (χ3v) is 5.28. The zero-order valence-electron chi connectivity index (χ0n) is 12.8. The first-order valence-corrected chi connectivity index (χ1v) is 8.84. The quantitative estimate of drug-likeness (QED) is 0.865. The predicted octanol–water partition coefficient (Wildman–Crippen LogP) is 3.06. The van der Waals surface area contributed by atoms with Crippen LogP contribution < -0.4 is 4.72 Å². The number of hydrogen-bond donors (Lipinski definition) is 1. The highest BCUT2D eigenvalue weighted by atomic mass is 35.5. The zero-order chi connectivity index (χ0) is 17.0. The fourth-order valence-electron chi connectivity index (χ4n) is 2.25. The Hall–Kier alpha value is -1.47. The van der Waals surface area contributed by atoms with Gasteiger partial charge >= 0.3 is 0 Å². The first-order chi connectivity index (χ1) is 10.8. The molecule has 0 heterocycles. The summed E-state index contributed by atoms with van der Waals surface area (Å²) in [6.07, 6.45) is 0. The van der Waals surface area contributed by atoms with Crippen LogP contribution in [0.2, 0.25) is 5.02 Å². The number of benzene rings is 2. The minimum atomic E-state index is -3.94. The van der Waals surface area contributed by atoms with E-state index in [1.54, 1.807) is 6.07 Å². The van der Waals surface area contributed by atoms with Gasteiger partial charge in [-0.1, -0.05) is 41.9 Å². The molecule has 0 aliphatic carbocycles. The Morgan fingerprint density at radius 1 is 1.13 bits per heavy atom. The molecule has 2 aromatic carbocycles. The summed E-state index contributed by atoms with van der Waals surface area (Å²) in [4.78, 5) is 1.49. The average Bonchev–Trinajstić information content (AvgIpc) is 2.49. The molecule has 7 heteroatoms. The molecule has 0 bridgehead atoms. The van der Waals surface area contributed by atoms with Crippen molar-refractivity contribution in [3.8, 4) is 0 Å². The van der Waals surface area contributed by atoms with Crippen LogP contribution in [-0.2, 0) is 10.0 Å². The van der Waals surface area contributed by atoms with Crippen LogP contribution in [0.1, 0.15) is 11.6 Å². The van der Waals surface area contributed by atoms with Crippen molar-refractivity contribution >= 4 is 21.6 Å². The summed E-state index contributed by atoms with van der Waals surface area (Å²) in [5.74, 6) is -0.779. The van der Waals surface area contributed by atoms with E-state index in [2.05, 4.69) is 4.72 Å². The highest BCUT2D eigenvalue weighted by molar-refractivity contribution is 7.89. The predicted molar refractivity (Wildman–Crippen MR) is 89.5 cm³/mol. The first kappa shape index (κ1) is 17.9. The maximum Gasteiger partial charge on any atom is 0.243 e. The number of nitrogens with zero attached hydrogens (tertiary/aromatic N) is 1. The molecule has 4 nitrogen and oxygen atoms in total. The van der Waals surface area contributed by atoms with Gasteiger partial charge in [0, 0.05) is 17.6 Å². The molecule has 0 aromatic heterocycles. The van der Waals surface area contributed by atoms with Crippen LogP contribution in [0.15, 0.2) is 53.4 Å². The summed E-state index contributed by atoms with van der Waals surface area (Å²) < 4.78 is 40.7. The molecule has 0 radical (unpaired) electrons. The molecular formula is C16H18ClFN2O2S. The molecule has 124 valence electrons. The average molecular weight is 357 g/mol. The second kappa shape index (κ2) is 7.40. The van der Waals surface area contributed by atoms with Crippen molar-refractivity contribution in [2.75, 3.05) is 20.6 Å². The second-order valence-electron chi connectivity index (χ2n) is 5.28. The zero-order valence-corrected chi connectivity index (χ0v) is 14.4. The molecule has 2 aromatic rings. The number of hydrogen-bond acceptors (Lipinski definition) is 3. The SMILES string of the molecule is CN(C)C(CNS(=O)(=O)c1ccccc1F)c1ccccc1Cl. The van der Waals surface area contributed by atoms with Gasteiger partial charge in [-0.3, -0.25) is 0 Å². The molecule has 0 aliphatic heterocycles. The molecular weight excluding hydrogens is 339 g/mol. The van der Waals surface area contributed by atoms with E-state index in [0.717, 1.165) is 11.6 Å². The van der Waals surface area contributed by atoms with Gasteiger partial charge in [0.15, 0.2) is 0 Å². The Kier molecular flexibility index (Phi) is 5.75. The Morgan fingerprint density at radius 2 is 1.74 bits per heavy atom. The van der Waals surface area contributed by atoms with Crippen molar-refractivity contribution in [2.45, 2.75) is 10.9 Å². The molecule has 0 amide bonds. The molecule has 0 saturated heterocycles. The summed E-state index contributed by atoms with van der Waals surface area (Å²) in [6, 6.07) is 12.2. The minimum Gasteiger partial charge on any atom is -0.301 e. The highest BCUT2D eigenvalue weighted by Gasteiger charge is 2.23. The molecule has 2 rings (SSSR count). The summed E-state index contributed by atoms with van der Waals surface area (Å²) in [5.41, 5.74) is 0.801. The van der Waals surface area contributed by atoms with Gasteiger partial charge in [-0.2, -0.15) is 0 Å². The Bertz CT molecular complexity index is 781. The molecule has 0 aliphatic rings. The van der Waals surface area contributed by atoms with Crippen molar-refractivity contribution in [3.63, 3.8) is 0 Å². The topological polar surface area (TPSA) is 49.4 Å². The maximum atomic E-state index is 13.7. The van der Waals surface area contributed by atoms with Gasteiger partial charge in [0.2, 0.25) is 10.0 Å². The Morgan fingerprint density at radius 3 is 2.35 bits per heavy atom. The highest BCUT2D eigenvalue weighted by Crippen LogP contribution is 2.26. The van der Waals surface area contributed by atoms with E-state index in [-0.39, 0.29) is 17.5 Å². The van der Waals surface area contributed by atoms with Crippen LogP contribution in [0.3, 0.4) is 0 Å². The van der Waals surface area contributed by atoms with E-state index in [1.807, 2.05) is 37.2 Å². The smallest absolute Gasteiger partial charge is 0.243 e. The van der Waals surface area contributed by atoms with Gasteiger partial charge < -0.3 is 4.90 Å². The number of nitrogens with one attached hydrogen (secondary N) is 1. The van der Waals surface area contributed by atoms with Crippen molar-refractivity contribution < 1.29 is 12.8 Å². The Labute approximate surface area is 140 Å². The largest absolute Gasteiger partial charge is 0.301 e. The molecule has 1 N–H and O–H groups in total. The van der Waals surface area contributed by atoms with Gasteiger partial charge in [-0.15, -0.1) is 0 Å². The molecule has 0 saturated carbocycles. The number of halogens is 2. The lowest BCUT2D eigenvalue weighted by atomic mass is 10.1. The van der Waals surface area contributed by atoms with Crippen molar-refractivity contribution in [2.24, 2.45) is 0 Å².